The maximum absolute atomic E-state index is 15.3. The number of phenols is 1. The van der Waals surface area contributed by atoms with Crippen LogP contribution in [-0.4, -0.2) is 68.5 Å². The Kier molecular flexibility index (Phi) is 9.15. The van der Waals surface area contributed by atoms with Gasteiger partial charge in [0, 0.05) is 30.1 Å². The van der Waals surface area contributed by atoms with Gasteiger partial charge in [0.2, 0.25) is 5.91 Å². The summed E-state index contributed by atoms with van der Waals surface area (Å²) < 4.78 is 30.6. The predicted molar refractivity (Wildman–Crippen MR) is 155 cm³/mol. The zero-order chi connectivity index (χ0) is 31.5. The van der Waals surface area contributed by atoms with Gasteiger partial charge in [0.1, 0.15) is 11.8 Å². The first kappa shape index (κ1) is 31.6. The van der Waals surface area contributed by atoms with Gasteiger partial charge in [0.15, 0.2) is 6.10 Å². The topological polar surface area (TPSA) is 132 Å². The van der Waals surface area contributed by atoms with Gasteiger partial charge in [-0.2, -0.15) is 0 Å². The Morgan fingerprint density at radius 2 is 1.70 bits per heavy atom. The molecule has 2 heterocycles. The van der Waals surface area contributed by atoms with Crippen molar-refractivity contribution >= 4 is 17.7 Å². The van der Waals surface area contributed by atoms with Crippen molar-refractivity contribution in [3.8, 4) is 5.75 Å². The molecule has 0 radical (unpaired) electrons. The minimum atomic E-state index is -3.45. The molecule has 0 unspecified atom stereocenters. The third kappa shape index (κ3) is 6.67. The lowest BCUT2D eigenvalue weighted by Crippen LogP contribution is -2.57. The first-order valence-electron chi connectivity index (χ1n) is 13.9. The molecule has 1 saturated heterocycles. The molecular weight excluding hydrogens is 558 g/mol. The smallest absolute Gasteiger partial charge is 0.272 e. The normalized spacial score (nSPS) is 18.5. The number of amides is 3. The number of benzene rings is 2. The Hall–Kier alpha value is -4.38. The summed E-state index contributed by atoms with van der Waals surface area (Å²) in [7, 11) is 0. The lowest BCUT2D eigenvalue weighted by Gasteiger charge is -2.34. The van der Waals surface area contributed by atoms with Crippen molar-refractivity contribution in [3.63, 3.8) is 0 Å². The molecule has 9 nitrogen and oxygen atoms in total. The predicted octanol–water partition coefficient (Wildman–Crippen LogP) is 3.29. The number of hydrogen-bond acceptors (Lipinski definition) is 6. The fourth-order valence-electron chi connectivity index (χ4n) is 5.33. The highest BCUT2D eigenvalue weighted by molar-refractivity contribution is 5.97. The van der Waals surface area contributed by atoms with E-state index in [4.69, 9.17) is 0 Å². The van der Waals surface area contributed by atoms with Crippen LogP contribution in [0.3, 0.4) is 0 Å². The van der Waals surface area contributed by atoms with Gasteiger partial charge in [-0.3, -0.25) is 19.4 Å². The summed E-state index contributed by atoms with van der Waals surface area (Å²) in [6.07, 6.45) is 1.08. The van der Waals surface area contributed by atoms with Crippen molar-refractivity contribution in [1.29, 1.82) is 0 Å². The highest BCUT2D eigenvalue weighted by atomic mass is 19.3. The van der Waals surface area contributed by atoms with Crippen LogP contribution in [0, 0.1) is 19.3 Å². The Bertz CT molecular complexity index is 1480. The maximum atomic E-state index is 15.3. The van der Waals surface area contributed by atoms with Crippen molar-refractivity contribution < 1.29 is 33.4 Å². The number of aromatic nitrogens is 1. The number of alkyl halides is 2. The molecule has 228 valence electrons. The van der Waals surface area contributed by atoms with Crippen molar-refractivity contribution in [2.24, 2.45) is 5.41 Å². The van der Waals surface area contributed by atoms with Crippen LogP contribution in [0.15, 0.2) is 67.0 Å². The number of likely N-dealkylation sites (tertiary alicyclic amines) is 1. The molecule has 1 aromatic heterocycles. The molecule has 1 fully saturated rings. The SMILES string of the molecule is Cc1cc(O)c(C)c(C(=O)N[C@@H](Cc2ccccc2)[C@H](O)C(=O)N2CC(F)(F)C(C)(C)[C@H]2C(=O)NCc2ccncc2)c1. The van der Waals surface area contributed by atoms with Crippen molar-refractivity contribution in [1.82, 2.24) is 20.5 Å². The Morgan fingerprint density at radius 3 is 2.35 bits per heavy atom. The van der Waals surface area contributed by atoms with Crippen LogP contribution in [0.5, 0.6) is 5.75 Å². The van der Waals surface area contributed by atoms with Crippen molar-refractivity contribution in [2.45, 2.75) is 64.8 Å². The van der Waals surface area contributed by atoms with E-state index in [0.717, 1.165) is 0 Å². The van der Waals surface area contributed by atoms with Gasteiger partial charge in [0.25, 0.3) is 17.7 Å². The van der Waals surface area contributed by atoms with Crippen LogP contribution in [-0.2, 0) is 22.6 Å². The Labute approximate surface area is 248 Å². The lowest BCUT2D eigenvalue weighted by atomic mass is 9.81. The highest BCUT2D eigenvalue weighted by Gasteiger charge is 2.64. The molecule has 11 heteroatoms. The van der Waals surface area contributed by atoms with E-state index in [9.17, 15) is 24.6 Å². The Morgan fingerprint density at radius 1 is 1.05 bits per heavy atom. The summed E-state index contributed by atoms with van der Waals surface area (Å²) >= 11 is 0. The number of nitrogens with one attached hydrogen (secondary N) is 2. The van der Waals surface area contributed by atoms with E-state index in [1.807, 2.05) is 0 Å². The number of aromatic hydroxyl groups is 1. The molecule has 0 spiro atoms. The molecular formula is C32H36F2N4O5. The van der Waals surface area contributed by atoms with Crippen LogP contribution in [0.1, 0.15) is 46.5 Å². The number of hydrogen-bond donors (Lipinski definition) is 4. The number of halogens is 2. The number of pyridine rings is 1. The zero-order valence-electron chi connectivity index (χ0n) is 24.5. The van der Waals surface area contributed by atoms with Crippen LogP contribution < -0.4 is 10.6 Å². The van der Waals surface area contributed by atoms with E-state index in [2.05, 4.69) is 15.6 Å². The first-order valence-corrected chi connectivity index (χ1v) is 13.9. The minimum absolute atomic E-state index is 0.0110. The summed E-state index contributed by atoms with van der Waals surface area (Å²) in [5.41, 5.74) is 0.450. The molecule has 0 aliphatic carbocycles. The van der Waals surface area contributed by atoms with Crippen LogP contribution in [0.2, 0.25) is 0 Å². The second kappa shape index (κ2) is 12.5. The van der Waals surface area contributed by atoms with E-state index >= 15 is 8.78 Å². The first-order chi connectivity index (χ1) is 20.2. The van der Waals surface area contributed by atoms with Crippen LogP contribution in [0.4, 0.5) is 8.78 Å². The molecule has 1 aliphatic rings. The molecule has 1 aliphatic heterocycles. The van der Waals surface area contributed by atoms with Gasteiger partial charge in [-0.1, -0.05) is 44.2 Å². The average Bonchev–Trinajstić information content (AvgIpc) is 3.16. The number of carbonyl (C=O) groups excluding carboxylic acids is 3. The molecule has 43 heavy (non-hydrogen) atoms. The minimum Gasteiger partial charge on any atom is -0.508 e. The van der Waals surface area contributed by atoms with Crippen molar-refractivity contribution in [3.05, 3.63) is 94.8 Å². The molecule has 2 aromatic carbocycles. The highest BCUT2D eigenvalue weighted by Crippen LogP contribution is 2.48. The summed E-state index contributed by atoms with van der Waals surface area (Å²) in [4.78, 5) is 45.1. The number of aliphatic hydroxyl groups excluding tert-OH is 1. The van der Waals surface area contributed by atoms with Crippen molar-refractivity contribution in [2.75, 3.05) is 6.54 Å². The van der Waals surface area contributed by atoms with E-state index in [1.165, 1.54) is 32.3 Å². The number of phenolic OH excluding ortho intramolecular Hbond substituents is 1. The molecule has 4 rings (SSSR count). The van der Waals surface area contributed by atoms with Crippen LogP contribution in [0.25, 0.3) is 0 Å². The van der Waals surface area contributed by atoms with E-state index in [1.54, 1.807) is 62.4 Å². The number of nitrogens with zero attached hydrogens (tertiary/aromatic N) is 2. The molecule has 3 atom stereocenters. The number of rotatable bonds is 9. The van der Waals surface area contributed by atoms with Crippen LogP contribution >= 0.6 is 0 Å². The molecule has 0 saturated carbocycles. The summed E-state index contributed by atoms with van der Waals surface area (Å²) in [6.45, 7) is 4.62. The largest absolute Gasteiger partial charge is 0.508 e. The lowest BCUT2D eigenvalue weighted by molar-refractivity contribution is -0.148. The van der Waals surface area contributed by atoms with Gasteiger partial charge in [-0.05, 0) is 61.2 Å². The standard InChI is InChI=1S/C32H36F2N4O5/c1-19-14-23(20(2)25(39)15-19)28(41)37-24(16-21-8-6-5-7-9-21)26(40)30(43)38-18-32(33,34)31(3,4)27(38)29(42)36-17-22-10-12-35-13-11-22/h5-15,24,26-27,39-40H,16-18H2,1-4H3,(H,36,42)(H,37,41)/t24-,26-,27+/m0/s1. The molecule has 0 bridgehead atoms. The Balaban J connectivity index is 1.63. The number of aliphatic hydroxyl groups is 1. The number of aryl methyl sites for hydroxylation is 1. The number of carbonyl (C=O) groups is 3. The third-order valence-corrected chi connectivity index (χ3v) is 8.07. The van der Waals surface area contributed by atoms with E-state index in [0.29, 0.717) is 27.2 Å². The van der Waals surface area contributed by atoms with Gasteiger partial charge < -0.3 is 25.7 Å². The fourth-order valence-corrected chi connectivity index (χ4v) is 5.33. The van der Waals surface area contributed by atoms with Gasteiger partial charge >= 0.3 is 0 Å². The second-order valence-corrected chi connectivity index (χ2v) is 11.5. The maximum Gasteiger partial charge on any atom is 0.272 e. The molecule has 3 aromatic rings. The van der Waals surface area contributed by atoms with E-state index < -0.39 is 53.8 Å². The quantitative estimate of drug-likeness (QED) is 0.301. The molecule has 4 N–H and O–H groups in total. The average molecular weight is 595 g/mol. The third-order valence-electron chi connectivity index (χ3n) is 8.07. The van der Waals surface area contributed by atoms with Gasteiger partial charge in [-0.25, -0.2) is 8.78 Å². The van der Waals surface area contributed by atoms with Gasteiger partial charge in [-0.15, -0.1) is 0 Å². The fraction of sp³-hybridized carbons (Fsp3) is 0.375. The summed E-state index contributed by atoms with van der Waals surface area (Å²) in [5, 5.41) is 26.9. The molecule has 3 amide bonds. The summed E-state index contributed by atoms with van der Waals surface area (Å²) in [5.74, 6) is -6.12. The monoisotopic (exact) mass is 594 g/mol. The van der Waals surface area contributed by atoms with E-state index in [-0.39, 0.29) is 24.3 Å². The zero-order valence-corrected chi connectivity index (χ0v) is 24.5. The van der Waals surface area contributed by atoms with Gasteiger partial charge in [0.05, 0.1) is 18.0 Å². The second-order valence-electron chi connectivity index (χ2n) is 11.5. The summed E-state index contributed by atoms with van der Waals surface area (Å²) in [6, 6.07) is 12.3.